The van der Waals surface area contributed by atoms with Gasteiger partial charge in [-0.25, -0.2) is 0 Å². The Balaban J connectivity index is 1.27. The molecule has 254 valence electrons. The molecule has 1 spiro atoms. The lowest BCUT2D eigenvalue weighted by atomic mass is 9.91. The summed E-state index contributed by atoms with van der Waals surface area (Å²) in [4.78, 5) is 0. The smallest absolute Gasteiger partial charge is 0.386 e. The Labute approximate surface area is 316 Å². The summed E-state index contributed by atoms with van der Waals surface area (Å²) in [5, 5.41) is 20.3. The lowest BCUT2D eigenvalue weighted by Gasteiger charge is -2.27. The Kier molecular flexibility index (Phi) is 4.15. The molecule has 3 aliphatic heterocycles. The zero-order valence-electron chi connectivity index (χ0n) is 29.7. The van der Waals surface area contributed by atoms with E-state index in [1.165, 1.54) is 109 Å². The first-order valence-electron chi connectivity index (χ1n) is 19.5. The summed E-state index contributed by atoms with van der Waals surface area (Å²) in [6.45, 7) is 0. The van der Waals surface area contributed by atoms with Crippen LogP contribution in [-0.2, 0) is 5.66 Å². The lowest BCUT2D eigenvalue weighted by Crippen LogP contribution is -2.74. The van der Waals surface area contributed by atoms with E-state index in [9.17, 15) is 0 Å². The van der Waals surface area contributed by atoms with Gasteiger partial charge in [-0.05, 0) is 74.8 Å². The molecule has 9 heterocycles. The molecule has 0 N–H and O–H groups in total. The molecule has 5 nitrogen and oxygen atoms in total. The van der Waals surface area contributed by atoms with Crippen LogP contribution in [0.3, 0.4) is 0 Å². The number of ether oxygens (including phenoxy) is 1. The van der Waals surface area contributed by atoms with Gasteiger partial charge in [0, 0.05) is 55.2 Å². The lowest BCUT2D eigenvalue weighted by molar-refractivity contribution is -0.958. The monoisotopic (exact) mass is 710 g/mol. The molecule has 5 heteroatoms. The van der Waals surface area contributed by atoms with Gasteiger partial charge in [0.05, 0.1) is 10.8 Å². The number of fused-ring (bicyclic) bond motifs is 19. The van der Waals surface area contributed by atoms with Crippen LogP contribution in [0.5, 0.6) is 11.8 Å². The van der Waals surface area contributed by atoms with Gasteiger partial charge < -0.3 is 4.74 Å². The Morgan fingerprint density at radius 1 is 0.339 bits per heavy atom. The van der Waals surface area contributed by atoms with E-state index in [4.69, 9.17) is 4.74 Å². The van der Waals surface area contributed by atoms with Crippen LogP contribution < -0.4 is 13.9 Å². The van der Waals surface area contributed by atoms with E-state index < -0.39 is 5.66 Å². The van der Waals surface area contributed by atoms with Gasteiger partial charge in [0.1, 0.15) is 11.0 Å². The number of hydrogen-bond donors (Lipinski definition) is 0. The summed E-state index contributed by atoms with van der Waals surface area (Å²) >= 11 is 0. The van der Waals surface area contributed by atoms with E-state index in [-0.39, 0.29) is 0 Å². The standard InChI is InChI=1S/C51H26N4O/c1-2-12-28-27(11-1)21-22-37-42(28)38-23-25-40-54-49(38)52-45(37)33-17-7-9-19-35(33)47(52)51(54)48-36-20-10-8-18-34(36)46-44-32-16-6-4-14-30(32)29-13-3-5-15-31(29)43(44)39-24-26-41(56-40)55(51)50(39)53(46)48/h1-26H/q+2. The summed E-state index contributed by atoms with van der Waals surface area (Å²) < 4.78 is 17.5. The van der Waals surface area contributed by atoms with Gasteiger partial charge in [-0.15, -0.1) is 9.13 Å². The van der Waals surface area contributed by atoms with E-state index in [1.807, 2.05) is 0 Å². The van der Waals surface area contributed by atoms with Gasteiger partial charge in [-0.2, -0.15) is 8.80 Å². The summed E-state index contributed by atoms with van der Waals surface area (Å²) in [5.41, 5.74) is 6.56. The minimum atomic E-state index is -0.791. The Bertz CT molecular complexity index is 4150. The highest BCUT2D eigenvalue weighted by atomic mass is 16.5. The molecule has 6 aromatic heterocycles. The normalized spacial score (nSPS) is 16.4. The number of hydrogen-bond acceptors (Lipinski definition) is 1. The molecular weight excluding hydrogens is 685 g/mol. The van der Waals surface area contributed by atoms with Crippen molar-refractivity contribution in [3.05, 3.63) is 169 Å². The SMILES string of the molecule is c1ccc2c(c1)ccc1c2c2ccc3[n+]4c2n2c(c5ccccc5c12)C41c2c4ccccc4c4c5c6ccccc6c6ccccc6c5c5ccc([n+]1c5n24)O3. The molecule has 0 saturated carbocycles. The molecule has 0 fully saturated rings. The third-order valence-corrected chi connectivity index (χ3v) is 13.7. The number of benzene rings is 7. The van der Waals surface area contributed by atoms with Crippen LogP contribution in [0.1, 0.15) is 11.4 Å². The minimum absolute atomic E-state index is 0.791. The fourth-order valence-electron chi connectivity index (χ4n) is 12.0. The van der Waals surface area contributed by atoms with Crippen molar-refractivity contribution in [1.82, 2.24) is 8.80 Å². The van der Waals surface area contributed by atoms with Gasteiger partial charge in [-0.1, -0.05) is 103 Å². The maximum absolute atomic E-state index is 7.14. The van der Waals surface area contributed by atoms with E-state index in [2.05, 4.69) is 176 Å². The average molecular weight is 711 g/mol. The van der Waals surface area contributed by atoms with Crippen LogP contribution in [0.2, 0.25) is 0 Å². The Morgan fingerprint density at radius 3 is 1.45 bits per heavy atom. The summed E-state index contributed by atoms with van der Waals surface area (Å²) in [5.74, 6) is 1.69. The molecule has 0 amide bonds. The van der Waals surface area contributed by atoms with Crippen molar-refractivity contribution in [2.24, 2.45) is 0 Å². The molecule has 7 aromatic carbocycles. The molecular formula is C51H26N4O+2. The second-order valence-electron chi connectivity index (χ2n) is 16.0. The predicted octanol–water partition coefficient (Wildman–Crippen LogP) is 11.2. The molecule has 3 aliphatic rings. The van der Waals surface area contributed by atoms with E-state index in [0.29, 0.717) is 0 Å². The van der Waals surface area contributed by atoms with Gasteiger partial charge in [-0.3, -0.25) is 0 Å². The van der Waals surface area contributed by atoms with Crippen LogP contribution in [-0.4, -0.2) is 8.80 Å². The van der Waals surface area contributed by atoms with E-state index in [1.54, 1.807) is 0 Å². The molecule has 16 rings (SSSR count). The zero-order valence-corrected chi connectivity index (χ0v) is 29.7. The fourth-order valence-corrected chi connectivity index (χ4v) is 12.0. The topological polar surface area (TPSA) is 25.8 Å². The van der Waals surface area contributed by atoms with Crippen molar-refractivity contribution < 1.29 is 13.9 Å². The van der Waals surface area contributed by atoms with Crippen LogP contribution in [0.4, 0.5) is 0 Å². The maximum Gasteiger partial charge on any atom is 0.386 e. The first-order chi connectivity index (χ1) is 27.8. The third-order valence-electron chi connectivity index (χ3n) is 13.7. The summed E-state index contributed by atoms with van der Waals surface area (Å²) in [7, 11) is 0. The van der Waals surface area contributed by atoms with Gasteiger partial charge in [0.2, 0.25) is 11.4 Å². The highest BCUT2D eigenvalue weighted by Crippen LogP contribution is 2.55. The molecule has 13 aromatic rings. The summed E-state index contributed by atoms with van der Waals surface area (Å²) in [6.07, 6.45) is 0. The summed E-state index contributed by atoms with van der Waals surface area (Å²) in [6, 6.07) is 58.8. The number of pyridine rings is 4. The van der Waals surface area contributed by atoms with E-state index in [0.717, 1.165) is 23.1 Å². The second kappa shape index (κ2) is 8.57. The van der Waals surface area contributed by atoms with Crippen molar-refractivity contribution in [3.63, 3.8) is 0 Å². The number of aromatic nitrogens is 4. The van der Waals surface area contributed by atoms with Crippen molar-refractivity contribution in [3.8, 4) is 11.8 Å². The highest BCUT2D eigenvalue weighted by Gasteiger charge is 2.70. The molecule has 56 heavy (non-hydrogen) atoms. The predicted molar refractivity (Wildman–Crippen MR) is 224 cm³/mol. The van der Waals surface area contributed by atoms with Crippen molar-refractivity contribution in [1.29, 1.82) is 0 Å². The van der Waals surface area contributed by atoms with E-state index >= 15 is 0 Å². The molecule has 0 aliphatic carbocycles. The van der Waals surface area contributed by atoms with Crippen LogP contribution >= 0.6 is 0 Å². The first kappa shape index (κ1) is 27.1. The second-order valence-corrected chi connectivity index (χ2v) is 16.0. The molecule has 0 saturated heterocycles. The van der Waals surface area contributed by atoms with Crippen LogP contribution in [0.25, 0.3) is 109 Å². The zero-order chi connectivity index (χ0) is 35.8. The van der Waals surface area contributed by atoms with Gasteiger partial charge in [0.15, 0.2) is 0 Å². The molecule has 0 bridgehead atoms. The Hall–Kier alpha value is -7.50. The molecule has 1 atom stereocenters. The molecule has 1 unspecified atom stereocenters. The quantitative estimate of drug-likeness (QED) is 0.114. The van der Waals surface area contributed by atoms with Crippen molar-refractivity contribution >= 4 is 109 Å². The largest absolute Gasteiger partial charge is 0.386 e. The van der Waals surface area contributed by atoms with Crippen molar-refractivity contribution in [2.75, 3.05) is 0 Å². The van der Waals surface area contributed by atoms with Gasteiger partial charge in [0.25, 0.3) is 11.8 Å². The Morgan fingerprint density at radius 2 is 0.804 bits per heavy atom. The molecule has 0 radical (unpaired) electrons. The average Bonchev–Trinajstić information content (AvgIpc) is 3.98. The van der Waals surface area contributed by atoms with Crippen LogP contribution in [0.15, 0.2) is 158 Å². The third kappa shape index (κ3) is 2.54. The number of rotatable bonds is 0. The van der Waals surface area contributed by atoms with Gasteiger partial charge >= 0.3 is 17.0 Å². The van der Waals surface area contributed by atoms with Crippen molar-refractivity contribution in [2.45, 2.75) is 5.66 Å². The highest BCUT2D eigenvalue weighted by molar-refractivity contribution is 6.37. The number of nitrogens with zero attached hydrogens (tertiary/aromatic N) is 4. The van der Waals surface area contributed by atoms with Crippen LogP contribution in [0, 0.1) is 0 Å². The first-order valence-corrected chi connectivity index (χ1v) is 19.5. The maximum atomic E-state index is 7.14. The fraction of sp³-hybridized carbons (Fsp3) is 0.0196. The minimum Gasteiger partial charge on any atom is -0.386 e.